The maximum atomic E-state index is 13.7. The summed E-state index contributed by atoms with van der Waals surface area (Å²) >= 11 is 0. The summed E-state index contributed by atoms with van der Waals surface area (Å²) in [5.41, 5.74) is 0.252. The molecule has 5 aromatic carbocycles. The third kappa shape index (κ3) is 9.13. The predicted octanol–water partition coefficient (Wildman–Crippen LogP) is 8.26. The molecule has 4 N–H and O–H groups in total. The van der Waals surface area contributed by atoms with Gasteiger partial charge in [0.25, 0.3) is 23.6 Å². The van der Waals surface area contributed by atoms with E-state index in [1.54, 1.807) is 57.2 Å². The van der Waals surface area contributed by atoms with E-state index in [1.807, 2.05) is 60.7 Å². The minimum atomic E-state index is -0.870. The van der Waals surface area contributed by atoms with Crippen LogP contribution in [-0.4, -0.2) is 58.4 Å². The van der Waals surface area contributed by atoms with Crippen molar-refractivity contribution < 1.29 is 38.2 Å². The number of nitrogens with zero attached hydrogens (tertiary/aromatic N) is 2. The molecule has 0 fully saturated rings. The van der Waals surface area contributed by atoms with Crippen molar-refractivity contribution in [2.45, 2.75) is 26.4 Å². The van der Waals surface area contributed by atoms with Crippen molar-refractivity contribution in [2.24, 2.45) is 0 Å². The van der Waals surface area contributed by atoms with Crippen molar-refractivity contribution in [3.63, 3.8) is 0 Å². The summed E-state index contributed by atoms with van der Waals surface area (Å²) in [5, 5.41) is 14.2. The van der Waals surface area contributed by atoms with Gasteiger partial charge in [0.2, 0.25) is 0 Å². The van der Waals surface area contributed by atoms with Gasteiger partial charge in [-0.3, -0.25) is 19.2 Å². The second-order valence-electron chi connectivity index (χ2n) is 15.0. The molecule has 304 valence electrons. The molecular weight excluding hydrogens is 777 g/mol. The van der Waals surface area contributed by atoms with Crippen molar-refractivity contribution in [1.82, 2.24) is 9.97 Å². The lowest BCUT2D eigenvalue weighted by molar-refractivity contribution is -0.118. The van der Waals surface area contributed by atoms with E-state index >= 15 is 0 Å². The molecule has 0 spiro atoms. The van der Waals surface area contributed by atoms with Crippen LogP contribution in [0, 0.1) is 0 Å². The minimum Gasteiger partial charge on any atom is -0.483 e. The van der Waals surface area contributed by atoms with Gasteiger partial charge in [-0.05, 0) is 96.9 Å². The van der Waals surface area contributed by atoms with Gasteiger partial charge in [0, 0.05) is 22.3 Å². The summed E-state index contributed by atoms with van der Waals surface area (Å²) in [5.74, 6) is -2.08. The highest BCUT2D eigenvalue weighted by Gasteiger charge is 2.24. The molecule has 0 saturated carbocycles. The second kappa shape index (κ2) is 16.6. The summed E-state index contributed by atoms with van der Waals surface area (Å²) in [6.45, 7) is 4.24. The molecule has 0 radical (unpaired) electrons. The lowest BCUT2D eigenvalue weighted by Gasteiger charge is -2.20. The standard InChI is InChI=1S/C47H38N6O8/c1-47(2,3)61-46(58)31-23-29-22-30(24-31)45(57)53-39-17-9-15-37(49-39)51-41(55)26-60-35-21-19-28-11-5-7-13-33(28)43(35)42-32-12-6-4-10-27(32)18-20-34(42)59-25-40(54)50-36-14-8-16-38(48-36)52-44(29)56/h4-24H,25-26H2,1-3H3,(H2,48,50,52,54,56)(H2,49,51,53,55,57). The Bertz CT molecular complexity index is 2730. The number of nitrogens with one attached hydrogen (secondary N) is 4. The van der Waals surface area contributed by atoms with E-state index in [-0.39, 0.29) is 40.0 Å². The first-order valence-corrected chi connectivity index (χ1v) is 19.2. The number of ether oxygens (including phenoxy) is 3. The first-order chi connectivity index (χ1) is 29.4. The fourth-order valence-corrected chi connectivity index (χ4v) is 6.77. The fourth-order valence-electron chi connectivity index (χ4n) is 6.77. The van der Waals surface area contributed by atoms with Gasteiger partial charge in [-0.2, -0.15) is 0 Å². The Balaban J connectivity index is 1.20. The van der Waals surface area contributed by atoms with E-state index in [2.05, 4.69) is 31.2 Å². The van der Waals surface area contributed by atoms with E-state index in [1.165, 1.54) is 30.3 Å². The van der Waals surface area contributed by atoms with Crippen molar-refractivity contribution in [3.05, 3.63) is 144 Å². The van der Waals surface area contributed by atoms with E-state index in [4.69, 9.17) is 14.2 Å². The molecule has 14 heteroatoms. The van der Waals surface area contributed by atoms with Crippen LogP contribution >= 0.6 is 0 Å². The molecule has 1 aliphatic rings. The number of carbonyl (C=O) groups is 5. The average Bonchev–Trinajstić information content (AvgIpc) is 3.23. The third-order valence-corrected chi connectivity index (χ3v) is 9.36. The van der Waals surface area contributed by atoms with Gasteiger partial charge in [0.05, 0.1) is 5.56 Å². The monoisotopic (exact) mass is 814 g/mol. The van der Waals surface area contributed by atoms with Gasteiger partial charge in [0.1, 0.15) is 40.4 Å². The van der Waals surface area contributed by atoms with Gasteiger partial charge < -0.3 is 35.5 Å². The molecule has 0 atom stereocenters. The van der Waals surface area contributed by atoms with Crippen LogP contribution in [0.1, 0.15) is 51.8 Å². The average molecular weight is 815 g/mol. The Morgan fingerprint density at radius 2 is 0.967 bits per heavy atom. The highest BCUT2D eigenvalue weighted by atomic mass is 16.6. The molecule has 4 amide bonds. The molecule has 1 aliphatic heterocycles. The Morgan fingerprint density at radius 3 is 1.41 bits per heavy atom. The first kappa shape index (κ1) is 39.7. The number of anilines is 4. The second-order valence-corrected chi connectivity index (χ2v) is 15.0. The summed E-state index contributed by atoms with van der Waals surface area (Å²) in [4.78, 5) is 76.3. The molecule has 14 nitrogen and oxygen atoms in total. The van der Waals surface area contributed by atoms with Crippen molar-refractivity contribution in [1.29, 1.82) is 0 Å². The quantitative estimate of drug-likeness (QED) is 0.118. The van der Waals surface area contributed by atoms with Crippen LogP contribution in [0.15, 0.2) is 127 Å². The van der Waals surface area contributed by atoms with Gasteiger partial charge in [-0.15, -0.1) is 0 Å². The van der Waals surface area contributed by atoms with Gasteiger partial charge in [-0.1, -0.05) is 72.8 Å². The molecule has 7 aromatic rings. The number of esters is 1. The number of aromatic nitrogens is 2. The van der Waals surface area contributed by atoms with E-state index in [9.17, 15) is 24.0 Å². The summed E-state index contributed by atoms with van der Waals surface area (Å²) in [6.07, 6.45) is 0. The van der Waals surface area contributed by atoms with Crippen LogP contribution in [0.4, 0.5) is 23.3 Å². The summed E-state index contributed by atoms with van der Waals surface area (Å²) < 4.78 is 18.1. The Hall–Kier alpha value is -8.13. The molecule has 0 saturated heterocycles. The highest BCUT2D eigenvalue weighted by molar-refractivity contribution is 6.12. The van der Waals surface area contributed by atoms with Crippen LogP contribution in [0.3, 0.4) is 0 Å². The van der Waals surface area contributed by atoms with Crippen LogP contribution in [0.2, 0.25) is 0 Å². The lowest BCUT2D eigenvalue weighted by atomic mass is 9.92. The number of hydrogen-bond acceptors (Lipinski definition) is 10. The maximum Gasteiger partial charge on any atom is 0.338 e. The Labute approximate surface area is 349 Å². The summed E-state index contributed by atoms with van der Waals surface area (Å²) in [6, 6.07) is 36.0. The van der Waals surface area contributed by atoms with E-state index in [0.29, 0.717) is 22.6 Å². The van der Waals surface area contributed by atoms with Crippen LogP contribution in [0.5, 0.6) is 11.5 Å². The van der Waals surface area contributed by atoms with Crippen molar-refractivity contribution in [2.75, 3.05) is 34.5 Å². The number of amides is 4. The number of carbonyl (C=O) groups excluding carboxylic acids is 5. The number of hydrogen-bond donors (Lipinski definition) is 4. The Kier molecular flexibility index (Phi) is 10.8. The van der Waals surface area contributed by atoms with Crippen LogP contribution in [-0.2, 0) is 14.3 Å². The fraction of sp³-hybridized carbons (Fsp3) is 0.128. The normalized spacial score (nSPS) is 13.7. The van der Waals surface area contributed by atoms with Gasteiger partial charge in [0.15, 0.2) is 13.2 Å². The molecule has 0 unspecified atom stereocenters. The third-order valence-electron chi connectivity index (χ3n) is 9.36. The van der Waals surface area contributed by atoms with Crippen LogP contribution < -0.4 is 30.7 Å². The zero-order valence-corrected chi connectivity index (χ0v) is 33.2. The molecule has 0 aliphatic carbocycles. The lowest BCUT2D eigenvalue weighted by Crippen LogP contribution is -2.25. The smallest absolute Gasteiger partial charge is 0.338 e. The molecule has 2 aromatic heterocycles. The van der Waals surface area contributed by atoms with E-state index < -0.39 is 48.4 Å². The maximum absolute atomic E-state index is 13.7. The Morgan fingerprint density at radius 1 is 0.541 bits per heavy atom. The first-order valence-electron chi connectivity index (χ1n) is 19.2. The van der Waals surface area contributed by atoms with Crippen molar-refractivity contribution >= 4 is 74.4 Å². The highest BCUT2D eigenvalue weighted by Crippen LogP contribution is 2.45. The molecule has 6 bridgehead atoms. The largest absolute Gasteiger partial charge is 0.483 e. The number of pyridine rings is 2. The van der Waals surface area contributed by atoms with Crippen molar-refractivity contribution in [3.8, 4) is 22.6 Å². The molecule has 61 heavy (non-hydrogen) atoms. The topological polar surface area (TPSA) is 187 Å². The van der Waals surface area contributed by atoms with Gasteiger partial charge in [-0.25, -0.2) is 14.8 Å². The zero-order valence-electron chi connectivity index (χ0n) is 33.2. The van der Waals surface area contributed by atoms with E-state index in [0.717, 1.165) is 21.5 Å². The molecular formula is C47H38N6O8. The molecule has 3 heterocycles. The zero-order chi connectivity index (χ0) is 42.7. The minimum absolute atomic E-state index is 0.0578. The summed E-state index contributed by atoms with van der Waals surface area (Å²) in [7, 11) is 0. The van der Waals surface area contributed by atoms with Gasteiger partial charge >= 0.3 is 5.97 Å². The number of rotatable bonds is 1. The van der Waals surface area contributed by atoms with Crippen LogP contribution in [0.25, 0.3) is 32.7 Å². The SMILES string of the molecule is CC(C)(C)OC(=O)c1cc2cc(c1)C(=O)Nc1cccc(n1)NC(=O)COc1ccc3ccccc3c1-c1c(ccc3ccccc13)OCC(=O)Nc1cccc(n1)NC2=O. The molecule has 8 rings (SSSR count). The predicted molar refractivity (Wildman–Crippen MR) is 231 cm³/mol. The number of fused-ring (bicyclic) bond motifs is 13. The number of benzene rings is 5.